The average molecular weight is 498 g/mol. The Labute approximate surface area is 212 Å². The van der Waals surface area contributed by atoms with Crippen molar-refractivity contribution in [1.29, 1.82) is 0 Å². The minimum Gasteiger partial charge on any atom is -0.271 e. The predicted molar refractivity (Wildman–Crippen MR) is 139 cm³/mol. The van der Waals surface area contributed by atoms with Crippen LogP contribution in [0.25, 0.3) is 0 Å². The molecule has 0 aromatic carbocycles. The molecule has 0 saturated heterocycles. The normalized spacial score (nSPS) is 60.6. The van der Waals surface area contributed by atoms with Crippen molar-refractivity contribution in [2.24, 2.45) is 58.8 Å². The molecule has 12 aliphatic rings. The summed E-state index contributed by atoms with van der Waals surface area (Å²) < 4.78 is 18.2. The maximum absolute atomic E-state index is 15.4. The highest BCUT2D eigenvalue weighted by Crippen LogP contribution is 2.70. The molecule has 0 amide bonds. The van der Waals surface area contributed by atoms with Gasteiger partial charge < -0.3 is 0 Å². The second-order valence-electron chi connectivity index (χ2n) is 16.5. The maximum atomic E-state index is 15.4. The monoisotopic (exact) mass is 497 g/mol. The number of nitrogens with one attached hydrogen (secondary N) is 1. The molecule has 0 aliphatic heterocycles. The molecular formula is C30H48N3OP. The van der Waals surface area contributed by atoms with Crippen molar-refractivity contribution in [3.05, 3.63) is 0 Å². The van der Waals surface area contributed by atoms with Crippen molar-refractivity contribution >= 4 is 7.59 Å². The highest BCUT2D eigenvalue weighted by atomic mass is 31.2. The number of nitrogens with two attached hydrogens (primary N) is 1. The third-order valence-electron chi connectivity index (χ3n) is 13.6. The van der Waals surface area contributed by atoms with Gasteiger partial charge in [0, 0.05) is 16.6 Å². The second kappa shape index (κ2) is 7.00. The van der Waals surface area contributed by atoms with Crippen molar-refractivity contribution in [3.8, 4) is 0 Å². The topological polar surface area (TPSA) is 58.4 Å². The molecule has 0 heterocycles. The summed E-state index contributed by atoms with van der Waals surface area (Å²) in [4.78, 5) is 0. The van der Waals surface area contributed by atoms with Crippen molar-refractivity contribution in [3.63, 3.8) is 0 Å². The first kappa shape index (κ1) is 22.0. The first-order valence-electron chi connectivity index (χ1n) is 15.8. The van der Waals surface area contributed by atoms with E-state index in [1.807, 2.05) is 0 Å². The molecule has 12 fully saturated rings. The summed E-state index contributed by atoms with van der Waals surface area (Å²) in [6.07, 6.45) is 24.5. The SMILES string of the molecule is NP(=O)(NC12CC3CC(CC(C3)C1)C2)N(C12CC3CC(CC(C3)C1)C2)C12CC3CC(CC(C3)C1)C2. The first-order valence-corrected chi connectivity index (χ1v) is 17.5. The van der Waals surface area contributed by atoms with Crippen molar-refractivity contribution in [2.75, 3.05) is 0 Å². The van der Waals surface area contributed by atoms with E-state index in [1.165, 1.54) is 116 Å². The summed E-state index contributed by atoms with van der Waals surface area (Å²) in [5.74, 6) is 7.82. The van der Waals surface area contributed by atoms with Crippen LogP contribution in [-0.4, -0.2) is 21.3 Å². The van der Waals surface area contributed by atoms with E-state index < -0.39 is 7.59 Å². The van der Waals surface area contributed by atoms with Crippen LogP contribution in [0.15, 0.2) is 0 Å². The van der Waals surface area contributed by atoms with Gasteiger partial charge in [-0.1, -0.05) is 0 Å². The Kier molecular flexibility index (Phi) is 4.39. The standard InChI is InChI=1S/C30H48N3OP/c31-35(34,32-28-10-19-1-20(11-28)3-21(2-19)12-28)33(29-13-22-4-23(14-29)6-24(5-22)15-29)30-16-25-7-26(17-30)9-27(8-25)18-30/h19-27H,1-18H2,(H3,31,32,34). The van der Waals surface area contributed by atoms with E-state index in [0.29, 0.717) is 0 Å². The Hall–Kier alpha value is 0.110. The summed E-state index contributed by atoms with van der Waals surface area (Å²) in [7, 11) is -3.17. The molecule has 0 aromatic rings. The number of hydrogen-bond donors (Lipinski definition) is 2. The fourth-order valence-corrected chi connectivity index (χ4v) is 17.2. The maximum Gasteiger partial charge on any atom is 0.280 e. The molecule has 0 radical (unpaired) electrons. The van der Waals surface area contributed by atoms with Crippen molar-refractivity contribution in [2.45, 2.75) is 132 Å². The summed E-state index contributed by atoms with van der Waals surface area (Å²) >= 11 is 0. The summed E-state index contributed by atoms with van der Waals surface area (Å²) in [5, 5.41) is 4.01. The fourth-order valence-electron chi connectivity index (χ4n) is 14.4. The highest BCUT2D eigenvalue weighted by Gasteiger charge is 2.66. The minimum atomic E-state index is -3.17. The van der Waals surface area contributed by atoms with Crippen LogP contribution in [0.5, 0.6) is 0 Å². The van der Waals surface area contributed by atoms with E-state index >= 15 is 4.57 Å². The van der Waals surface area contributed by atoms with Crippen LogP contribution in [0, 0.1) is 53.3 Å². The van der Waals surface area contributed by atoms with Gasteiger partial charge in [-0.05, 0) is 169 Å². The van der Waals surface area contributed by atoms with Gasteiger partial charge in [0.25, 0.3) is 7.59 Å². The Bertz CT molecular complexity index is 825. The molecule has 12 aliphatic carbocycles. The fraction of sp³-hybridized carbons (Fsp3) is 1.00. The quantitative estimate of drug-likeness (QED) is 0.408. The molecule has 1 unspecified atom stereocenters. The summed E-state index contributed by atoms with van der Waals surface area (Å²) in [5.41, 5.74) is 7.72. The van der Waals surface area contributed by atoms with E-state index in [2.05, 4.69) is 9.76 Å². The molecule has 12 bridgehead atoms. The zero-order valence-electron chi connectivity index (χ0n) is 21.8. The average Bonchev–Trinajstić information content (AvgIpc) is 2.68. The zero-order chi connectivity index (χ0) is 23.2. The Morgan fingerprint density at radius 2 is 0.771 bits per heavy atom. The van der Waals surface area contributed by atoms with E-state index in [4.69, 9.17) is 5.50 Å². The molecule has 12 rings (SSSR count). The van der Waals surface area contributed by atoms with Gasteiger partial charge in [-0.2, -0.15) is 0 Å². The van der Waals surface area contributed by atoms with Crippen LogP contribution in [0.1, 0.15) is 116 Å². The molecule has 3 N–H and O–H groups in total. The van der Waals surface area contributed by atoms with E-state index in [-0.39, 0.29) is 16.6 Å². The Morgan fingerprint density at radius 1 is 0.514 bits per heavy atom. The third kappa shape index (κ3) is 3.18. The molecule has 0 spiro atoms. The molecule has 0 aromatic heterocycles. The molecular weight excluding hydrogens is 449 g/mol. The van der Waals surface area contributed by atoms with Crippen LogP contribution < -0.4 is 10.6 Å². The smallest absolute Gasteiger partial charge is 0.271 e. The van der Waals surface area contributed by atoms with Gasteiger partial charge in [0.2, 0.25) is 0 Å². The van der Waals surface area contributed by atoms with Crippen LogP contribution in [0.3, 0.4) is 0 Å². The van der Waals surface area contributed by atoms with Gasteiger partial charge in [0.1, 0.15) is 0 Å². The first-order chi connectivity index (χ1) is 16.8. The van der Waals surface area contributed by atoms with Gasteiger partial charge in [-0.25, -0.2) is 9.76 Å². The van der Waals surface area contributed by atoms with Crippen LogP contribution in [0.4, 0.5) is 0 Å². The summed E-state index contributed by atoms with van der Waals surface area (Å²) in [6.45, 7) is 0. The Balaban J connectivity index is 1.14. The third-order valence-corrected chi connectivity index (χ3v) is 15.9. The Morgan fingerprint density at radius 3 is 1.06 bits per heavy atom. The molecule has 35 heavy (non-hydrogen) atoms. The van der Waals surface area contributed by atoms with E-state index in [1.54, 1.807) is 0 Å². The summed E-state index contributed by atoms with van der Waals surface area (Å²) in [6, 6.07) is 0. The minimum absolute atomic E-state index is 0.0713. The lowest BCUT2D eigenvalue weighted by Gasteiger charge is -2.70. The van der Waals surface area contributed by atoms with Crippen LogP contribution >= 0.6 is 7.59 Å². The van der Waals surface area contributed by atoms with Crippen LogP contribution in [0.2, 0.25) is 0 Å². The van der Waals surface area contributed by atoms with Crippen molar-refractivity contribution in [1.82, 2.24) is 9.76 Å². The molecule has 194 valence electrons. The lowest BCUT2D eigenvalue weighted by atomic mass is 9.49. The predicted octanol–water partition coefficient (Wildman–Crippen LogP) is 6.85. The van der Waals surface area contributed by atoms with Crippen LogP contribution in [-0.2, 0) is 4.57 Å². The molecule has 5 heteroatoms. The van der Waals surface area contributed by atoms with Gasteiger partial charge in [-0.15, -0.1) is 0 Å². The van der Waals surface area contributed by atoms with Gasteiger partial charge in [-0.3, -0.25) is 10.1 Å². The van der Waals surface area contributed by atoms with Gasteiger partial charge in [0.15, 0.2) is 0 Å². The zero-order valence-corrected chi connectivity index (χ0v) is 22.7. The number of nitrogens with zero attached hydrogens (tertiary/aromatic N) is 1. The molecule has 4 nitrogen and oxygen atoms in total. The number of rotatable bonds is 5. The highest BCUT2D eigenvalue weighted by molar-refractivity contribution is 7.57. The lowest BCUT2D eigenvalue weighted by Crippen LogP contribution is -2.71. The van der Waals surface area contributed by atoms with E-state index in [9.17, 15) is 0 Å². The van der Waals surface area contributed by atoms with E-state index in [0.717, 1.165) is 53.3 Å². The van der Waals surface area contributed by atoms with Gasteiger partial charge >= 0.3 is 0 Å². The van der Waals surface area contributed by atoms with Gasteiger partial charge in [0.05, 0.1) is 0 Å². The molecule has 1 atom stereocenters. The largest absolute Gasteiger partial charge is 0.280 e. The molecule has 12 saturated carbocycles. The second-order valence-corrected chi connectivity index (χ2v) is 18.4. The van der Waals surface area contributed by atoms with Crippen molar-refractivity contribution < 1.29 is 4.57 Å². The lowest BCUT2D eigenvalue weighted by molar-refractivity contribution is -0.141. The number of hydrogen-bond acceptors (Lipinski definition) is 1.